The highest BCUT2D eigenvalue weighted by Crippen LogP contribution is 2.35. The van der Waals surface area contributed by atoms with Crippen LogP contribution in [0, 0.1) is 0 Å². The standard InChI is InChI=1S/C24H25N3O8/c1-4-6-15-9-14(11-19(33-5-2)21(15)34-13-20(25)28)10-17-22(29)27(24(31)26-17)12-16-7-8-18(35-16)23(30)32-3/h4,7-11H,1,5-6,12-13H2,2-3H3,(H2,25,28)(H,26,31). The van der Waals surface area contributed by atoms with Crippen LogP contribution < -0.4 is 20.5 Å². The maximum Gasteiger partial charge on any atom is 0.373 e. The molecule has 0 bridgehead atoms. The van der Waals surface area contributed by atoms with Crippen molar-refractivity contribution in [2.75, 3.05) is 20.3 Å². The topological polar surface area (TPSA) is 150 Å². The summed E-state index contributed by atoms with van der Waals surface area (Å²) in [6.07, 6.45) is 3.53. The number of carbonyl (C=O) groups excluding carboxylic acids is 4. The molecule has 0 saturated carbocycles. The van der Waals surface area contributed by atoms with E-state index in [1.54, 1.807) is 25.1 Å². The van der Waals surface area contributed by atoms with Gasteiger partial charge in [-0.15, -0.1) is 6.58 Å². The smallest absolute Gasteiger partial charge is 0.373 e. The van der Waals surface area contributed by atoms with Gasteiger partial charge in [0.05, 0.1) is 20.3 Å². The number of carbonyl (C=O) groups is 4. The molecule has 0 unspecified atom stereocenters. The van der Waals surface area contributed by atoms with Gasteiger partial charge in [0, 0.05) is 5.56 Å². The van der Waals surface area contributed by atoms with Crippen molar-refractivity contribution in [2.24, 2.45) is 5.73 Å². The van der Waals surface area contributed by atoms with Gasteiger partial charge in [-0.1, -0.05) is 6.08 Å². The Morgan fingerprint density at radius 2 is 2.00 bits per heavy atom. The summed E-state index contributed by atoms with van der Waals surface area (Å²) in [5.41, 5.74) is 6.44. The lowest BCUT2D eigenvalue weighted by molar-refractivity contribution is -0.123. The van der Waals surface area contributed by atoms with Crippen molar-refractivity contribution in [3.8, 4) is 11.5 Å². The number of ether oxygens (including phenoxy) is 3. The number of hydrogen-bond donors (Lipinski definition) is 2. The molecule has 11 heteroatoms. The van der Waals surface area contributed by atoms with E-state index >= 15 is 0 Å². The average molecular weight is 483 g/mol. The van der Waals surface area contributed by atoms with Gasteiger partial charge in [-0.2, -0.15) is 0 Å². The summed E-state index contributed by atoms with van der Waals surface area (Å²) in [4.78, 5) is 49.1. The first-order valence-electron chi connectivity index (χ1n) is 10.6. The zero-order valence-electron chi connectivity index (χ0n) is 19.3. The van der Waals surface area contributed by atoms with Crippen LogP contribution in [0.2, 0.25) is 0 Å². The van der Waals surface area contributed by atoms with Gasteiger partial charge in [0.15, 0.2) is 18.1 Å². The van der Waals surface area contributed by atoms with Crippen LogP contribution in [0.5, 0.6) is 11.5 Å². The molecule has 1 saturated heterocycles. The molecule has 3 rings (SSSR count). The van der Waals surface area contributed by atoms with Crippen LogP contribution in [0.1, 0.15) is 34.4 Å². The number of imide groups is 1. The number of furan rings is 1. The molecule has 35 heavy (non-hydrogen) atoms. The molecule has 11 nitrogen and oxygen atoms in total. The number of urea groups is 1. The summed E-state index contributed by atoms with van der Waals surface area (Å²) < 4.78 is 21.1. The van der Waals surface area contributed by atoms with Crippen LogP contribution >= 0.6 is 0 Å². The molecule has 2 aromatic rings. The first-order chi connectivity index (χ1) is 16.8. The van der Waals surface area contributed by atoms with Crippen LogP contribution in [0.15, 0.2) is 47.0 Å². The number of methoxy groups -OCH3 is 1. The zero-order valence-corrected chi connectivity index (χ0v) is 19.3. The van der Waals surface area contributed by atoms with E-state index in [0.717, 1.165) is 4.90 Å². The second kappa shape index (κ2) is 11.1. The Kier molecular flexibility index (Phi) is 7.92. The van der Waals surface area contributed by atoms with E-state index in [1.807, 2.05) is 0 Å². The predicted molar refractivity (Wildman–Crippen MR) is 123 cm³/mol. The average Bonchev–Trinajstić information content (AvgIpc) is 3.39. The van der Waals surface area contributed by atoms with Crippen molar-refractivity contribution in [1.29, 1.82) is 0 Å². The van der Waals surface area contributed by atoms with E-state index in [4.69, 9.17) is 19.6 Å². The highest BCUT2D eigenvalue weighted by atomic mass is 16.5. The van der Waals surface area contributed by atoms with E-state index in [2.05, 4.69) is 16.6 Å². The number of nitrogens with two attached hydrogens (primary N) is 1. The molecule has 1 aliphatic heterocycles. The van der Waals surface area contributed by atoms with Gasteiger partial charge in [0.25, 0.3) is 11.8 Å². The molecule has 2 heterocycles. The summed E-state index contributed by atoms with van der Waals surface area (Å²) in [5.74, 6) is -1.01. The molecule has 4 amide bonds. The van der Waals surface area contributed by atoms with E-state index in [-0.39, 0.29) is 30.4 Å². The Bertz CT molecular complexity index is 1200. The molecule has 0 spiro atoms. The summed E-state index contributed by atoms with van der Waals surface area (Å²) in [5, 5.41) is 2.53. The Labute approximate surface area is 201 Å². The van der Waals surface area contributed by atoms with Gasteiger partial charge in [-0.25, -0.2) is 9.59 Å². The number of esters is 1. The first-order valence-corrected chi connectivity index (χ1v) is 10.6. The highest BCUT2D eigenvalue weighted by molar-refractivity contribution is 6.13. The van der Waals surface area contributed by atoms with Crippen molar-refractivity contribution in [3.05, 3.63) is 65.3 Å². The summed E-state index contributed by atoms with van der Waals surface area (Å²) in [7, 11) is 1.22. The lowest BCUT2D eigenvalue weighted by Gasteiger charge is -2.16. The van der Waals surface area contributed by atoms with Crippen molar-refractivity contribution in [1.82, 2.24) is 10.2 Å². The fourth-order valence-corrected chi connectivity index (χ4v) is 3.35. The van der Waals surface area contributed by atoms with E-state index in [9.17, 15) is 19.2 Å². The maximum atomic E-state index is 12.9. The normalized spacial score (nSPS) is 14.1. The summed E-state index contributed by atoms with van der Waals surface area (Å²) in [6, 6.07) is 5.58. The van der Waals surface area contributed by atoms with Crippen molar-refractivity contribution >= 4 is 29.9 Å². The largest absolute Gasteiger partial charge is 0.490 e. The third-order valence-electron chi connectivity index (χ3n) is 4.81. The highest BCUT2D eigenvalue weighted by Gasteiger charge is 2.34. The minimum atomic E-state index is -0.669. The molecule has 0 aliphatic carbocycles. The van der Waals surface area contributed by atoms with E-state index in [0.29, 0.717) is 35.7 Å². The Balaban J connectivity index is 1.88. The number of allylic oxidation sites excluding steroid dienone is 1. The molecule has 3 N–H and O–H groups in total. The van der Waals surface area contributed by atoms with E-state index < -0.39 is 23.8 Å². The molecular weight excluding hydrogens is 458 g/mol. The van der Waals surface area contributed by atoms with E-state index in [1.165, 1.54) is 25.3 Å². The molecule has 1 fully saturated rings. The number of rotatable bonds is 11. The number of amides is 4. The number of primary amides is 1. The second-order valence-corrected chi connectivity index (χ2v) is 7.33. The Morgan fingerprint density at radius 1 is 1.23 bits per heavy atom. The van der Waals surface area contributed by atoms with Crippen molar-refractivity contribution in [2.45, 2.75) is 19.9 Å². The molecule has 0 atom stereocenters. The second-order valence-electron chi connectivity index (χ2n) is 7.33. The molecular formula is C24H25N3O8. The minimum Gasteiger partial charge on any atom is -0.490 e. The number of nitrogens with zero attached hydrogens (tertiary/aromatic N) is 1. The maximum absolute atomic E-state index is 12.9. The quantitative estimate of drug-likeness (QED) is 0.214. The monoisotopic (exact) mass is 483 g/mol. The molecule has 1 aliphatic rings. The van der Waals surface area contributed by atoms with Gasteiger partial charge < -0.3 is 29.7 Å². The van der Waals surface area contributed by atoms with Gasteiger partial charge in [0.1, 0.15) is 11.5 Å². The summed E-state index contributed by atoms with van der Waals surface area (Å²) in [6.45, 7) is 5.33. The molecule has 184 valence electrons. The number of nitrogens with one attached hydrogen (secondary N) is 1. The van der Waals surface area contributed by atoms with Crippen LogP contribution in [0.25, 0.3) is 6.08 Å². The fraction of sp³-hybridized carbons (Fsp3) is 0.250. The zero-order chi connectivity index (χ0) is 25.5. The third-order valence-corrected chi connectivity index (χ3v) is 4.81. The Hall–Kier alpha value is -4.54. The van der Waals surface area contributed by atoms with Gasteiger partial charge >= 0.3 is 12.0 Å². The predicted octanol–water partition coefficient (Wildman–Crippen LogP) is 2.15. The van der Waals surface area contributed by atoms with Crippen LogP contribution in [-0.4, -0.2) is 49.0 Å². The van der Waals surface area contributed by atoms with Crippen LogP contribution in [-0.2, 0) is 27.3 Å². The lowest BCUT2D eigenvalue weighted by Crippen LogP contribution is -2.30. The molecule has 1 aromatic carbocycles. The van der Waals surface area contributed by atoms with Gasteiger partial charge in [-0.05, 0) is 49.2 Å². The van der Waals surface area contributed by atoms with Gasteiger partial charge in [0.2, 0.25) is 5.76 Å². The van der Waals surface area contributed by atoms with Crippen LogP contribution in [0.4, 0.5) is 4.79 Å². The fourth-order valence-electron chi connectivity index (χ4n) is 3.35. The number of hydrogen-bond acceptors (Lipinski definition) is 8. The Morgan fingerprint density at radius 3 is 2.66 bits per heavy atom. The van der Waals surface area contributed by atoms with Gasteiger partial charge in [-0.3, -0.25) is 14.5 Å². The number of benzene rings is 1. The molecule has 0 radical (unpaired) electrons. The van der Waals surface area contributed by atoms with Crippen molar-refractivity contribution < 1.29 is 37.8 Å². The lowest BCUT2D eigenvalue weighted by atomic mass is 10.0. The van der Waals surface area contributed by atoms with Crippen LogP contribution in [0.3, 0.4) is 0 Å². The summed E-state index contributed by atoms with van der Waals surface area (Å²) >= 11 is 0. The minimum absolute atomic E-state index is 0.0348. The van der Waals surface area contributed by atoms with Crippen molar-refractivity contribution in [3.63, 3.8) is 0 Å². The third kappa shape index (κ3) is 5.88. The first kappa shape index (κ1) is 25.1. The SMILES string of the molecule is C=CCc1cc(C=C2NC(=O)N(Cc3ccc(C(=O)OC)o3)C2=O)cc(OCC)c1OCC(N)=O. The molecule has 1 aromatic heterocycles.